The summed E-state index contributed by atoms with van der Waals surface area (Å²) in [4.78, 5) is 10.1. The Bertz CT molecular complexity index is 681. The standard InChI is InChI=1S/C19H28N4OS.HI/c1-13-6-8-17(9-7-13)24-14(2)12-22-19(20-5)21-11-10-18-23-15(3)16(4)25-18;/h6-9,14H,10-12H2,1-5H3,(H2,20,21,22);1H. The number of nitrogens with zero attached hydrogens (tertiary/aromatic N) is 2. The maximum Gasteiger partial charge on any atom is 0.191 e. The van der Waals surface area contributed by atoms with Gasteiger partial charge in [0.1, 0.15) is 11.9 Å². The zero-order chi connectivity index (χ0) is 18.2. The maximum atomic E-state index is 5.90. The van der Waals surface area contributed by atoms with Crippen molar-refractivity contribution >= 4 is 41.3 Å². The van der Waals surface area contributed by atoms with Crippen LogP contribution in [0.1, 0.15) is 28.1 Å². The number of aromatic nitrogens is 1. The molecule has 7 heteroatoms. The van der Waals surface area contributed by atoms with E-state index in [0.29, 0.717) is 6.54 Å². The molecule has 2 N–H and O–H groups in total. The second kappa shape index (κ2) is 11.4. The van der Waals surface area contributed by atoms with E-state index in [9.17, 15) is 0 Å². The minimum absolute atomic E-state index is 0. The van der Waals surface area contributed by atoms with Crippen LogP contribution in [-0.4, -0.2) is 37.2 Å². The highest BCUT2D eigenvalue weighted by atomic mass is 127. The van der Waals surface area contributed by atoms with Crippen LogP contribution in [0.2, 0.25) is 0 Å². The molecule has 5 nitrogen and oxygen atoms in total. The molecular weight excluding hydrogens is 459 g/mol. The van der Waals surface area contributed by atoms with E-state index in [1.807, 2.05) is 19.1 Å². The SMILES string of the molecule is CN=C(NCCc1nc(C)c(C)s1)NCC(C)Oc1ccc(C)cc1.I. The van der Waals surface area contributed by atoms with Crippen molar-refractivity contribution in [3.63, 3.8) is 0 Å². The second-order valence-corrected chi connectivity index (χ2v) is 7.41. The van der Waals surface area contributed by atoms with Gasteiger partial charge in [0.15, 0.2) is 5.96 Å². The number of guanidine groups is 1. The number of hydrogen-bond acceptors (Lipinski definition) is 4. The summed E-state index contributed by atoms with van der Waals surface area (Å²) in [6.45, 7) is 9.76. The fourth-order valence-corrected chi connectivity index (χ4v) is 3.22. The van der Waals surface area contributed by atoms with Crippen molar-refractivity contribution in [1.29, 1.82) is 0 Å². The van der Waals surface area contributed by atoms with Gasteiger partial charge in [-0.2, -0.15) is 0 Å². The molecule has 0 saturated heterocycles. The van der Waals surface area contributed by atoms with Gasteiger partial charge in [-0.3, -0.25) is 4.99 Å². The van der Waals surface area contributed by atoms with Crippen molar-refractivity contribution in [3.05, 3.63) is 45.4 Å². The summed E-state index contributed by atoms with van der Waals surface area (Å²) in [5.74, 6) is 1.67. The molecule has 2 rings (SSSR count). The summed E-state index contributed by atoms with van der Waals surface area (Å²) < 4.78 is 5.90. The van der Waals surface area contributed by atoms with E-state index >= 15 is 0 Å². The third-order valence-corrected chi connectivity index (χ3v) is 4.98. The molecule has 1 unspecified atom stereocenters. The Morgan fingerprint density at radius 1 is 1.19 bits per heavy atom. The van der Waals surface area contributed by atoms with Crippen LogP contribution in [0.25, 0.3) is 0 Å². The lowest BCUT2D eigenvalue weighted by Gasteiger charge is -2.17. The van der Waals surface area contributed by atoms with Crippen LogP contribution in [0.15, 0.2) is 29.3 Å². The van der Waals surface area contributed by atoms with Crippen molar-refractivity contribution in [2.75, 3.05) is 20.1 Å². The third kappa shape index (κ3) is 7.49. The van der Waals surface area contributed by atoms with E-state index in [1.165, 1.54) is 10.4 Å². The van der Waals surface area contributed by atoms with Crippen molar-refractivity contribution in [2.24, 2.45) is 4.99 Å². The number of rotatable bonds is 7. The first-order chi connectivity index (χ1) is 12.0. The second-order valence-electron chi connectivity index (χ2n) is 6.12. The van der Waals surface area contributed by atoms with Crippen LogP contribution in [0.3, 0.4) is 0 Å². The maximum absolute atomic E-state index is 5.90. The Hall–Kier alpha value is -1.35. The van der Waals surface area contributed by atoms with Crippen LogP contribution in [0, 0.1) is 20.8 Å². The molecule has 0 bridgehead atoms. The van der Waals surface area contributed by atoms with Crippen molar-refractivity contribution < 1.29 is 4.74 Å². The van der Waals surface area contributed by atoms with Crippen LogP contribution in [0.5, 0.6) is 5.75 Å². The Kier molecular flexibility index (Phi) is 9.93. The van der Waals surface area contributed by atoms with Gasteiger partial charge in [-0.1, -0.05) is 17.7 Å². The molecule has 0 aliphatic rings. The Balaban J connectivity index is 0.00000338. The number of benzene rings is 1. The predicted molar refractivity (Wildman–Crippen MR) is 121 cm³/mol. The monoisotopic (exact) mass is 488 g/mol. The number of aliphatic imine (C=N–C) groups is 1. The molecule has 0 aliphatic carbocycles. The highest BCUT2D eigenvalue weighted by Crippen LogP contribution is 2.16. The van der Waals surface area contributed by atoms with Crippen molar-refractivity contribution in [3.8, 4) is 5.75 Å². The van der Waals surface area contributed by atoms with Gasteiger partial charge in [0.05, 0.1) is 17.2 Å². The molecule has 0 radical (unpaired) electrons. The summed E-state index contributed by atoms with van der Waals surface area (Å²) in [5.41, 5.74) is 2.36. The van der Waals surface area contributed by atoms with Crippen LogP contribution in [0.4, 0.5) is 0 Å². The van der Waals surface area contributed by atoms with Gasteiger partial charge >= 0.3 is 0 Å². The lowest BCUT2D eigenvalue weighted by Crippen LogP contribution is -2.42. The van der Waals surface area contributed by atoms with Gasteiger partial charge < -0.3 is 15.4 Å². The molecule has 0 spiro atoms. The first-order valence-corrected chi connectivity index (χ1v) is 9.40. The molecule has 1 aromatic carbocycles. The van der Waals surface area contributed by atoms with Gasteiger partial charge in [0, 0.05) is 24.9 Å². The minimum atomic E-state index is 0. The average Bonchev–Trinajstić information content (AvgIpc) is 2.91. The molecule has 0 amide bonds. The molecular formula is C19H29IN4OS. The molecule has 26 heavy (non-hydrogen) atoms. The largest absolute Gasteiger partial charge is 0.489 e. The molecule has 1 atom stereocenters. The highest BCUT2D eigenvalue weighted by molar-refractivity contribution is 14.0. The Morgan fingerprint density at radius 3 is 2.46 bits per heavy atom. The van der Waals surface area contributed by atoms with Crippen molar-refractivity contribution in [1.82, 2.24) is 15.6 Å². The summed E-state index contributed by atoms with van der Waals surface area (Å²) in [6, 6.07) is 8.10. The summed E-state index contributed by atoms with van der Waals surface area (Å²) >= 11 is 1.76. The average molecular weight is 488 g/mol. The normalized spacial score (nSPS) is 12.3. The number of halogens is 1. The van der Waals surface area contributed by atoms with E-state index in [4.69, 9.17) is 4.74 Å². The molecule has 1 aromatic heterocycles. The molecule has 1 heterocycles. The molecule has 0 fully saturated rings. The zero-order valence-corrected chi connectivity index (χ0v) is 19.3. The number of thiazole rings is 1. The highest BCUT2D eigenvalue weighted by Gasteiger charge is 2.07. The van der Waals surface area contributed by atoms with Gasteiger partial charge in [0.25, 0.3) is 0 Å². The van der Waals surface area contributed by atoms with Crippen molar-refractivity contribution in [2.45, 2.75) is 40.2 Å². The van der Waals surface area contributed by atoms with Gasteiger partial charge in [-0.15, -0.1) is 35.3 Å². The topological polar surface area (TPSA) is 58.5 Å². The van der Waals surface area contributed by atoms with Gasteiger partial charge in [0.2, 0.25) is 0 Å². The minimum Gasteiger partial charge on any atom is -0.489 e. The number of aryl methyl sites for hydroxylation is 3. The molecule has 2 aromatic rings. The quantitative estimate of drug-likeness (QED) is 0.353. The third-order valence-electron chi connectivity index (χ3n) is 3.84. The first kappa shape index (κ1) is 22.7. The van der Waals surface area contributed by atoms with E-state index < -0.39 is 0 Å². The van der Waals surface area contributed by atoms with Gasteiger partial charge in [-0.05, 0) is 39.8 Å². The predicted octanol–water partition coefficient (Wildman–Crippen LogP) is 3.86. The number of ether oxygens (including phenoxy) is 1. The smallest absolute Gasteiger partial charge is 0.191 e. The van der Waals surface area contributed by atoms with E-state index in [0.717, 1.165) is 35.4 Å². The number of nitrogens with one attached hydrogen (secondary N) is 2. The van der Waals surface area contributed by atoms with Crippen LogP contribution in [-0.2, 0) is 6.42 Å². The molecule has 0 aliphatic heterocycles. The van der Waals surface area contributed by atoms with Gasteiger partial charge in [-0.25, -0.2) is 4.98 Å². The van der Waals surface area contributed by atoms with E-state index in [-0.39, 0.29) is 30.1 Å². The lowest BCUT2D eigenvalue weighted by atomic mass is 10.2. The lowest BCUT2D eigenvalue weighted by molar-refractivity contribution is 0.224. The fourth-order valence-electron chi connectivity index (χ4n) is 2.29. The van der Waals surface area contributed by atoms with E-state index in [2.05, 4.69) is 53.5 Å². The van der Waals surface area contributed by atoms with Crippen LogP contribution < -0.4 is 15.4 Å². The molecule has 144 valence electrons. The Labute approximate surface area is 177 Å². The fraction of sp³-hybridized carbons (Fsp3) is 0.474. The summed E-state index contributed by atoms with van der Waals surface area (Å²) in [5, 5.41) is 7.79. The number of hydrogen-bond donors (Lipinski definition) is 2. The zero-order valence-electron chi connectivity index (χ0n) is 16.1. The summed E-state index contributed by atoms with van der Waals surface area (Å²) in [6.07, 6.45) is 0.945. The van der Waals surface area contributed by atoms with E-state index in [1.54, 1.807) is 18.4 Å². The molecule has 0 saturated carbocycles. The Morgan fingerprint density at radius 2 is 1.88 bits per heavy atom. The first-order valence-electron chi connectivity index (χ1n) is 8.58. The summed E-state index contributed by atoms with van der Waals surface area (Å²) in [7, 11) is 1.78. The van der Waals surface area contributed by atoms with Crippen LogP contribution >= 0.6 is 35.3 Å².